The Hall–Kier alpha value is -2.14. The lowest BCUT2D eigenvalue weighted by Gasteiger charge is -2.12. The molecule has 5 heteroatoms. The summed E-state index contributed by atoms with van der Waals surface area (Å²) in [6.45, 7) is 0.350. The minimum Gasteiger partial charge on any atom is -0.391 e. The van der Waals surface area contributed by atoms with E-state index in [0.29, 0.717) is 30.1 Å². The molecule has 23 heavy (non-hydrogen) atoms. The van der Waals surface area contributed by atoms with Crippen molar-refractivity contribution in [1.29, 1.82) is 0 Å². The first kappa shape index (κ1) is 15.7. The summed E-state index contributed by atoms with van der Waals surface area (Å²) < 4.78 is 25.5. The molecule has 1 unspecified atom stereocenters. The average Bonchev–Trinajstić information content (AvgIpc) is 3.06. The monoisotopic (exact) mass is 329 g/mol. The van der Waals surface area contributed by atoms with Crippen molar-refractivity contribution in [3.05, 3.63) is 66.2 Å². The highest BCUT2D eigenvalue weighted by Gasteiger charge is 2.36. The Kier molecular flexibility index (Phi) is 4.76. The normalized spacial score (nSPS) is 19.8. The molecule has 1 fully saturated rings. The number of hydrogen-bond acceptors (Lipinski definition) is 4. The van der Waals surface area contributed by atoms with E-state index < -0.39 is 15.1 Å². The molecule has 1 aliphatic carbocycles. The molecule has 1 aliphatic rings. The Morgan fingerprint density at radius 3 is 2.35 bits per heavy atom. The molecule has 0 radical (unpaired) electrons. The van der Waals surface area contributed by atoms with E-state index >= 15 is 0 Å². The largest absolute Gasteiger partial charge is 0.391 e. The lowest BCUT2D eigenvalue weighted by molar-refractivity contribution is 0.129. The molecule has 0 saturated heterocycles. The predicted octanol–water partition coefficient (Wildman–Crippen LogP) is 3.59. The van der Waals surface area contributed by atoms with Crippen LogP contribution in [0.25, 0.3) is 0 Å². The Labute approximate surface area is 136 Å². The van der Waals surface area contributed by atoms with Crippen molar-refractivity contribution in [1.82, 2.24) is 0 Å². The van der Waals surface area contributed by atoms with E-state index in [9.17, 15) is 8.42 Å². The van der Waals surface area contributed by atoms with E-state index in [1.54, 1.807) is 24.3 Å². The van der Waals surface area contributed by atoms with Crippen molar-refractivity contribution >= 4 is 15.5 Å². The lowest BCUT2D eigenvalue weighted by Crippen LogP contribution is -2.25. The van der Waals surface area contributed by atoms with Crippen LogP contribution in [0, 0.1) is 0 Å². The zero-order valence-electron chi connectivity index (χ0n) is 12.8. The van der Waals surface area contributed by atoms with Gasteiger partial charge in [0.1, 0.15) is 11.9 Å². The van der Waals surface area contributed by atoms with Gasteiger partial charge in [-0.3, -0.25) is 0 Å². The molecule has 1 saturated carbocycles. The second-order valence-corrected chi connectivity index (χ2v) is 7.71. The molecule has 0 aliphatic heterocycles. The predicted molar refractivity (Wildman–Crippen MR) is 89.9 cm³/mol. The van der Waals surface area contributed by atoms with E-state index in [4.69, 9.17) is 4.84 Å². The summed E-state index contributed by atoms with van der Waals surface area (Å²) in [6, 6.07) is 18.3. The maximum absolute atomic E-state index is 12.7. The number of nitrogens with zero attached hydrogens (tertiary/aromatic N) is 1. The third-order valence-corrected chi connectivity index (χ3v) is 6.16. The molecular weight excluding hydrogens is 310 g/mol. The van der Waals surface area contributed by atoms with Gasteiger partial charge >= 0.3 is 0 Å². The van der Waals surface area contributed by atoms with Gasteiger partial charge in [-0.1, -0.05) is 53.7 Å². The van der Waals surface area contributed by atoms with Crippen molar-refractivity contribution in [2.45, 2.75) is 36.0 Å². The molecular formula is C18H19NO3S. The van der Waals surface area contributed by atoms with Gasteiger partial charge in [0, 0.05) is 0 Å². The smallest absolute Gasteiger partial charge is 0.186 e. The SMILES string of the molecule is O=S(=O)(c1ccccc1)C1CCC/C1=N\OCc1ccccc1. The van der Waals surface area contributed by atoms with Gasteiger partial charge < -0.3 is 4.84 Å². The summed E-state index contributed by atoms with van der Waals surface area (Å²) in [7, 11) is -3.39. The molecule has 0 spiro atoms. The lowest BCUT2D eigenvalue weighted by atomic mass is 10.2. The molecule has 4 nitrogen and oxygen atoms in total. The van der Waals surface area contributed by atoms with Gasteiger partial charge in [0.25, 0.3) is 0 Å². The molecule has 2 aromatic rings. The van der Waals surface area contributed by atoms with Crippen molar-refractivity contribution in [3.63, 3.8) is 0 Å². The first-order valence-corrected chi connectivity index (χ1v) is 9.24. The van der Waals surface area contributed by atoms with Crippen LogP contribution in [0.5, 0.6) is 0 Å². The van der Waals surface area contributed by atoms with Gasteiger partial charge in [0.2, 0.25) is 0 Å². The fourth-order valence-electron chi connectivity index (χ4n) is 2.77. The summed E-state index contributed by atoms with van der Waals surface area (Å²) in [5.74, 6) is 0. The Morgan fingerprint density at radius 2 is 1.65 bits per heavy atom. The molecule has 0 N–H and O–H groups in total. The highest BCUT2D eigenvalue weighted by Crippen LogP contribution is 2.28. The second-order valence-electron chi connectivity index (χ2n) is 5.58. The highest BCUT2D eigenvalue weighted by molar-refractivity contribution is 7.92. The number of hydrogen-bond donors (Lipinski definition) is 0. The third kappa shape index (κ3) is 3.62. The topological polar surface area (TPSA) is 55.7 Å². The van der Waals surface area contributed by atoms with E-state index in [2.05, 4.69) is 5.16 Å². The molecule has 2 aromatic carbocycles. The summed E-state index contributed by atoms with van der Waals surface area (Å²) in [6.07, 6.45) is 2.10. The molecule has 0 bridgehead atoms. The van der Waals surface area contributed by atoms with Gasteiger partial charge in [0.05, 0.1) is 10.6 Å². The highest BCUT2D eigenvalue weighted by atomic mass is 32.2. The minimum absolute atomic E-state index is 0.350. The number of benzene rings is 2. The maximum Gasteiger partial charge on any atom is 0.186 e. The zero-order valence-corrected chi connectivity index (χ0v) is 13.6. The van der Waals surface area contributed by atoms with Crippen LogP contribution in [0.15, 0.2) is 70.7 Å². The van der Waals surface area contributed by atoms with E-state index in [1.165, 1.54) is 0 Å². The van der Waals surface area contributed by atoms with Crippen molar-refractivity contribution < 1.29 is 13.3 Å². The van der Waals surface area contributed by atoms with Crippen molar-refractivity contribution in [2.75, 3.05) is 0 Å². The van der Waals surface area contributed by atoms with Crippen molar-refractivity contribution in [2.24, 2.45) is 5.16 Å². The van der Waals surface area contributed by atoms with Crippen LogP contribution in [-0.4, -0.2) is 19.4 Å². The van der Waals surface area contributed by atoms with Gasteiger partial charge in [-0.25, -0.2) is 8.42 Å². The van der Waals surface area contributed by atoms with Crippen LogP contribution in [0.1, 0.15) is 24.8 Å². The summed E-state index contributed by atoms with van der Waals surface area (Å²) in [5.41, 5.74) is 1.64. The Balaban J connectivity index is 1.74. The summed E-state index contributed by atoms with van der Waals surface area (Å²) >= 11 is 0. The molecule has 1 atom stereocenters. The molecule has 0 heterocycles. The average molecular weight is 329 g/mol. The molecule has 3 rings (SSSR count). The van der Waals surface area contributed by atoms with Gasteiger partial charge in [0.15, 0.2) is 9.84 Å². The van der Waals surface area contributed by atoms with E-state index in [1.807, 2.05) is 36.4 Å². The van der Waals surface area contributed by atoms with Crippen molar-refractivity contribution in [3.8, 4) is 0 Å². The number of sulfone groups is 1. The zero-order chi connectivity index (χ0) is 16.1. The van der Waals surface area contributed by atoms with Gasteiger partial charge in [-0.05, 0) is 37.0 Å². The van der Waals surface area contributed by atoms with E-state index in [-0.39, 0.29) is 0 Å². The molecule has 120 valence electrons. The van der Waals surface area contributed by atoms with Crippen LogP contribution in [-0.2, 0) is 21.3 Å². The molecule has 0 amide bonds. The van der Waals surface area contributed by atoms with Gasteiger partial charge in [-0.2, -0.15) is 0 Å². The van der Waals surface area contributed by atoms with Crippen LogP contribution in [0.3, 0.4) is 0 Å². The summed E-state index contributed by atoms with van der Waals surface area (Å²) in [4.78, 5) is 5.74. The quantitative estimate of drug-likeness (QED) is 0.788. The van der Waals surface area contributed by atoms with Crippen LogP contribution in [0.4, 0.5) is 0 Å². The number of oxime groups is 1. The van der Waals surface area contributed by atoms with E-state index in [0.717, 1.165) is 12.0 Å². The minimum atomic E-state index is -3.39. The fraction of sp³-hybridized carbons (Fsp3) is 0.278. The fourth-order valence-corrected chi connectivity index (χ4v) is 4.63. The maximum atomic E-state index is 12.7. The molecule has 0 aromatic heterocycles. The van der Waals surface area contributed by atoms with Crippen LogP contribution >= 0.6 is 0 Å². The number of rotatable bonds is 5. The first-order valence-electron chi connectivity index (χ1n) is 7.69. The second kappa shape index (κ2) is 6.96. The van der Waals surface area contributed by atoms with Gasteiger partial charge in [-0.15, -0.1) is 0 Å². The summed E-state index contributed by atoms with van der Waals surface area (Å²) in [5, 5.41) is 3.56. The Bertz CT molecular complexity index is 770. The van der Waals surface area contributed by atoms with Crippen LogP contribution in [0.2, 0.25) is 0 Å². The Morgan fingerprint density at radius 1 is 1.00 bits per heavy atom. The van der Waals surface area contributed by atoms with Crippen LogP contribution < -0.4 is 0 Å². The third-order valence-electron chi connectivity index (χ3n) is 3.97. The first-order chi connectivity index (χ1) is 11.2. The standard InChI is InChI=1S/C18H19NO3S/c20-23(21,16-10-5-2-6-11-16)18-13-7-12-17(18)19-22-14-15-8-3-1-4-9-15/h1-6,8-11,18H,7,12-14H2/b19-17+.